The second kappa shape index (κ2) is 5.12. The predicted molar refractivity (Wildman–Crippen MR) is 76.0 cm³/mol. The summed E-state index contributed by atoms with van der Waals surface area (Å²) in [5, 5.41) is 2.81. The average molecular weight is 270 g/mol. The first kappa shape index (κ1) is 12.9. The third kappa shape index (κ3) is 2.46. The van der Waals surface area contributed by atoms with E-state index in [4.69, 9.17) is 0 Å². The molecule has 0 aromatic heterocycles. The molecule has 1 aliphatic heterocycles. The molecule has 4 nitrogen and oxygen atoms in total. The fraction of sp³-hybridized carbons (Fsp3) is 0.375. The highest BCUT2D eigenvalue weighted by Gasteiger charge is 2.47. The van der Waals surface area contributed by atoms with Crippen LogP contribution in [0.5, 0.6) is 0 Å². The van der Waals surface area contributed by atoms with Crippen LogP contribution < -0.4 is 5.32 Å². The van der Waals surface area contributed by atoms with Gasteiger partial charge in [0.25, 0.3) is 0 Å². The number of hydrogen-bond acceptors (Lipinski definition) is 2. The van der Waals surface area contributed by atoms with Crippen LogP contribution in [0, 0.1) is 0 Å². The van der Waals surface area contributed by atoms with Gasteiger partial charge in [0.05, 0.1) is 6.04 Å². The van der Waals surface area contributed by atoms with Crippen LogP contribution in [0.15, 0.2) is 43.0 Å². The minimum absolute atomic E-state index is 0.0787. The van der Waals surface area contributed by atoms with Crippen molar-refractivity contribution in [1.82, 2.24) is 10.2 Å². The molecule has 3 rings (SSSR count). The van der Waals surface area contributed by atoms with E-state index < -0.39 is 0 Å². The number of nitrogens with zero attached hydrogens (tertiary/aromatic N) is 1. The Hall–Kier alpha value is -2.10. The Balaban J connectivity index is 1.61. The Labute approximate surface area is 118 Å². The molecule has 4 heteroatoms. The maximum Gasteiger partial charge on any atom is 0.243 e. The molecule has 0 bridgehead atoms. The van der Waals surface area contributed by atoms with Gasteiger partial charge in [-0.3, -0.25) is 9.59 Å². The molecule has 1 heterocycles. The summed E-state index contributed by atoms with van der Waals surface area (Å²) in [6.45, 7) is 4.05. The normalized spacial score (nSPS) is 28.3. The van der Waals surface area contributed by atoms with E-state index in [0.717, 1.165) is 6.42 Å². The number of nitrogens with one attached hydrogen (secondary N) is 1. The SMILES string of the molecule is C=CC(=O)N[C@@H]1CC(=O)N([C@@H]2C[C@@H]2c2ccccc2)C1. The highest BCUT2D eigenvalue weighted by molar-refractivity contribution is 5.88. The van der Waals surface area contributed by atoms with Gasteiger partial charge in [0.2, 0.25) is 11.8 Å². The topological polar surface area (TPSA) is 49.4 Å². The highest BCUT2D eigenvalue weighted by atomic mass is 16.2. The maximum absolute atomic E-state index is 12.1. The molecular weight excluding hydrogens is 252 g/mol. The summed E-state index contributed by atoms with van der Waals surface area (Å²) in [4.78, 5) is 25.3. The Morgan fingerprint density at radius 3 is 2.80 bits per heavy atom. The summed E-state index contributed by atoms with van der Waals surface area (Å²) in [5.74, 6) is 0.386. The summed E-state index contributed by atoms with van der Waals surface area (Å²) in [5.41, 5.74) is 1.30. The number of carbonyl (C=O) groups is 2. The molecule has 20 heavy (non-hydrogen) atoms. The Morgan fingerprint density at radius 2 is 2.10 bits per heavy atom. The predicted octanol–water partition coefficient (Wildman–Crippen LogP) is 1.45. The van der Waals surface area contributed by atoms with Crippen LogP contribution in [0.2, 0.25) is 0 Å². The molecule has 2 amide bonds. The van der Waals surface area contributed by atoms with Crippen LogP contribution in [-0.4, -0.2) is 35.3 Å². The van der Waals surface area contributed by atoms with Gasteiger partial charge >= 0.3 is 0 Å². The molecule has 1 saturated carbocycles. The third-order valence-electron chi connectivity index (χ3n) is 4.08. The van der Waals surface area contributed by atoms with Crippen LogP contribution in [-0.2, 0) is 9.59 Å². The molecule has 1 aliphatic carbocycles. The van der Waals surface area contributed by atoms with Gasteiger partial charge in [-0.15, -0.1) is 0 Å². The minimum Gasteiger partial charge on any atom is -0.348 e. The average Bonchev–Trinajstić information content (AvgIpc) is 3.18. The fourth-order valence-electron chi connectivity index (χ4n) is 2.99. The van der Waals surface area contributed by atoms with Gasteiger partial charge in [-0.05, 0) is 18.1 Å². The maximum atomic E-state index is 12.1. The number of benzene rings is 1. The second-order valence-corrected chi connectivity index (χ2v) is 5.48. The van der Waals surface area contributed by atoms with Crippen molar-refractivity contribution in [2.24, 2.45) is 0 Å². The van der Waals surface area contributed by atoms with Gasteiger partial charge in [-0.25, -0.2) is 0 Å². The van der Waals surface area contributed by atoms with E-state index in [9.17, 15) is 9.59 Å². The molecule has 0 spiro atoms. The van der Waals surface area contributed by atoms with Crippen LogP contribution in [0.3, 0.4) is 0 Å². The van der Waals surface area contributed by atoms with E-state index in [0.29, 0.717) is 24.9 Å². The van der Waals surface area contributed by atoms with Gasteiger partial charge in [-0.2, -0.15) is 0 Å². The number of rotatable bonds is 4. The lowest BCUT2D eigenvalue weighted by Gasteiger charge is -2.17. The fourth-order valence-corrected chi connectivity index (χ4v) is 2.99. The standard InChI is InChI=1S/C16H18N2O2/c1-2-15(19)17-12-8-16(20)18(10-12)14-9-13(14)11-6-4-3-5-7-11/h2-7,12-14H,1,8-10H2,(H,17,19)/t12-,13-,14-/m1/s1. The zero-order valence-corrected chi connectivity index (χ0v) is 11.3. The molecular formula is C16H18N2O2. The molecule has 1 aromatic rings. The number of amides is 2. The lowest BCUT2D eigenvalue weighted by atomic mass is 10.1. The van der Waals surface area contributed by atoms with Crippen molar-refractivity contribution in [2.45, 2.75) is 30.8 Å². The van der Waals surface area contributed by atoms with Crippen molar-refractivity contribution in [1.29, 1.82) is 0 Å². The van der Waals surface area contributed by atoms with Crippen molar-refractivity contribution in [3.05, 3.63) is 48.6 Å². The summed E-state index contributed by atoms with van der Waals surface area (Å²) >= 11 is 0. The van der Waals surface area contributed by atoms with Crippen LogP contribution in [0.25, 0.3) is 0 Å². The van der Waals surface area contributed by atoms with Crippen molar-refractivity contribution >= 4 is 11.8 Å². The number of hydrogen-bond donors (Lipinski definition) is 1. The van der Waals surface area contributed by atoms with E-state index in [1.807, 2.05) is 23.1 Å². The van der Waals surface area contributed by atoms with Gasteiger partial charge in [0.15, 0.2) is 0 Å². The molecule has 2 aliphatic rings. The summed E-state index contributed by atoms with van der Waals surface area (Å²) in [7, 11) is 0. The van der Waals surface area contributed by atoms with E-state index >= 15 is 0 Å². The molecule has 0 unspecified atom stereocenters. The third-order valence-corrected chi connectivity index (χ3v) is 4.08. The van der Waals surface area contributed by atoms with Crippen LogP contribution in [0.1, 0.15) is 24.3 Å². The van der Waals surface area contributed by atoms with Gasteiger partial charge in [0.1, 0.15) is 0 Å². The lowest BCUT2D eigenvalue weighted by Crippen LogP contribution is -2.36. The Bertz CT molecular complexity index is 541. The molecule has 1 N–H and O–H groups in total. The molecule has 1 aromatic carbocycles. The molecule has 3 atom stereocenters. The van der Waals surface area contributed by atoms with Gasteiger partial charge in [-0.1, -0.05) is 36.9 Å². The Kier molecular flexibility index (Phi) is 3.30. The quantitative estimate of drug-likeness (QED) is 0.842. The summed E-state index contributed by atoms with van der Waals surface area (Å²) in [6, 6.07) is 10.5. The number of likely N-dealkylation sites (tertiary alicyclic amines) is 1. The van der Waals surface area contributed by atoms with Crippen molar-refractivity contribution in [3.63, 3.8) is 0 Å². The molecule has 2 fully saturated rings. The molecule has 0 radical (unpaired) electrons. The van der Waals surface area contributed by atoms with Crippen molar-refractivity contribution < 1.29 is 9.59 Å². The zero-order valence-electron chi connectivity index (χ0n) is 11.3. The van der Waals surface area contributed by atoms with Crippen LogP contribution in [0.4, 0.5) is 0 Å². The molecule has 1 saturated heterocycles. The number of carbonyl (C=O) groups excluding carboxylic acids is 2. The first-order chi connectivity index (χ1) is 9.69. The van der Waals surface area contributed by atoms with E-state index in [2.05, 4.69) is 24.0 Å². The summed E-state index contributed by atoms with van der Waals surface area (Å²) in [6.07, 6.45) is 2.67. The lowest BCUT2D eigenvalue weighted by molar-refractivity contribution is -0.128. The summed E-state index contributed by atoms with van der Waals surface area (Å²) < 4.78 is 0. The van der Waals surface area contributed by atoms with Crippen molar-refractivity contribution in [3.8, 4) is 0 Å². The van der Waals surface area contributed by atoms with E-state index in [1.54, 1.807) is 0 Å². The highest BCUT2D eigenvalue weighted by Crippen LogP contribution is 2.45. The van der Waals surface area contributed by atoms with E-state index in [-0.39, 0.29) is 17.9 Å². The Morgan fingerprint density at radius 1 is 1.35 bits per heavy atom. The van der Waals surface area contributed by atoms with Crippen LogP contribution >= 0.6 is 0 Å². The minimum atomic E-state index is -0.208. The molecule has 104 valence electrons. The smallest absolute Gasteiger partial charge is 0.243 e. The van der Waals surface area contributed by atoms with Crippen molar-refractivity contribution in [2.75, 3.05) is 6.54 Å². The largest absolute Gasteiger partial charge is 0.348 e. The first-order valence-corrected chi connectivity index (χ1v) is 6.96. The first-order valence-electron chi connectivity index (χ1n) is 6.96. The van der Waals surface area contributed by atoms with E-state index in [1.165, 1.54) is 11.6 Å². The second-order valence-electron chi connectivity index (χ2n) is 5.48. The van der Waals surface area contributed by atoms with Gasteiger partial charge < -0.3 is 10.2 Å². The zero-order chi connectivity index (χ0) is 14.1. The monoisotopic (exact) mass is 270 g/mol. The van der Waals surface area contributed by atoms with Gasteiger partial charge in [0, 0.05) is 24.9 Å².